The zero-order chi connectivity index (χ0) is 9.14. The minimum Gasteiger partial charge on any atom is -0.258 e. The van der Waals surface area contributed by atoms with Gasteiger partial charge < -0.3 is 0 Å². The average Bonchev–Trinajstić information content (AvgIpc) is 2.05. The molecule has 3 nitrogen and oxygen atoms in total. The first-order valence-electron chi connectivity index (χ1n) is 3.37. The Labute approximate surface area is 70.2 Å². The van der Waals surface area contributed by atoms with Crippen LogP contribution in [0.25, 0.3) is 0 Å². The molecule has 0 unspecified atom stereocenters. The standard InChI is InChI=1S/C9H7NO2/c1-3-8-5-4-7(2)9(6-8)10(11)12/h1,4-6H,2H3. The van der Waals surface area contributed by atoms with E-state index in [9.17, 15) is 10.1 Å². The molecule has 0 heterocycles. The number of nitrogens with zero attached hydrogens (tertiary/aromatic N) is 1. The lowest BCUT2D eigenvalue weighted by atomic mass is 10.1. The van der Waals surface area contributed by atoms with Crippen molar-refractivity contribution < 1.29 is 4.92 Å². The van der Waals surface area contributed by atoms with Crippen LogP contribution in [0.2, 0.25) is 0 Å². The van der Waals surface area contributed by atoms with Crippen LogP contribution in [0.1, 0.15) is 11.1 Å². The number of terminal acetylenes is 1. The van der Waals surface area contributed by atoms with Gasteiger partial charge >= 0.3 is 0 Å². The topological polar surface area (TPSA) is 43.1 Å². The summed E-state index contributed by atoms with van der Waals surface area (Å²) in [4.78, 5) is 9.99. The number of nitro benzene ring substituents is 1. The van der Waals surface area contributed by atoms with E-state index in [2.05, 4.69) is 5.92 Å². The lowest BCUT2D eigenvalue weighted by Gasteiger charge is -1.96. The summed E-state index contributed by atoms with van der Waals surface area (Å²) in [6.07, 6.45) is 5.10. The van der Waals surface area contributed by atoms with E-state index in [0.29, 0.717) is 11.1 Å². The summed E-state index contributed by atoms with van der Waals surface area (Å²) in [5.41, 5.74) is 1.23. The van der Waals surface area contributed by atoms with Gasteiger partial charge in [0.1, 0.15) is 0 Å². The maximum Gasteiger partial charge on any atom is 0.273 e. The van der Waals surface area contributed by atoms with Crippen LogP contribution >= 0.6 is 0 Å². The van der Waals surface area contributed by atoms with E-state index in [1.165, 1.54) is 6.07 Å². The van der Waals surface area contributed by atoms with E-state index in [4.69, 9.17) is 6.42 Å². The predicted octanol–water partition coefficient (Wildman–Crippen LogP) is 1.88. The van der Waals surface area contributed by atoms with E-state index >= 15 is 0 Å². The SMILES string of the molecule is C#Cc1ccc(C)c([N+](=O)[O-])c1. The lowest BCUT2D eigenvalue weighted by Crippen LogP contribution is -1.91. The number of rotatable bonds is 1. The Balaban J connectivity index is 3.28. The summed E-state index contributed by atoms with van der Waals surface area (Å²) in [5, 5.41) is 10.4. The summed E-state index contributed by atoms with van der Waals surface area (Å²) >= 11 is 0. The highest BCUT2D eigenvalue weighted by atomic mass is 16.6. The van der Waals surface area contributed by atoms with Crippen molar-refractivity contribution in [3.05, 3.63) is 39.4 Å². The molecule has 0 radical (unpaired) electrons. The fourth-order valence-electron chi connectivity index (χ4n) is 0.896. The van der Waals surface area contributed by atoms with E-state index < -0.39 is 4.92 Å². The number of nitro groups is 1. The fraction of sp³-hybridized carbons (Fsp3) is 0.111. The molecule has 0 aliphatic rings. The zero-order valence-electron chi connectivity index (χ0n) is 6.57. The molecule has 1 rings (SSSR count). The minimum absolute atomic E-state index is 0.0745. The minimum atomic E-state index is -0.434. The summed E-state index contributed by atoms with van der Waals surface area (Å²) in [6, 6.07) is 4.73. The molecule has 3 heteroatoms. The summed E-state index contributed by atoms with van der Waals surface area (Å²) in [7, 11) is 0. The Hall–Kier alpha value is -1.82. The number of hydrogen-bond acceptors (Lipinski definition) is 2. The Morgan fingerprint density at radius 2 is 2.25 bits per heavy atom. The second-order valence-electron chi connectivity index (χ2n) is 2.40. The van der Waals surface area contributed by atoms with Crippen LogP contribution in [-0.2, 0) is 0 Å². The predicted molar refractivity (Wildman–Crippen MR) is 45.8 cm³/mol. The summed E-state index contributed by atoms with van der Waals surface area (Å²) in [5.74, 6) is 2.34. The van der Waals surface area contributed by atoms with Crippen LogP contribution in [0.3, 0.4) is 0 Å². The first kappa shape index (κ1) is 8.28. The van der Waals surface area contributed by atoms with Crippen molar-refractivity contribution in [3.63, 3.8) is 0 Å². The summed E-state index contributed by atoms with van der Waals surface area (Å²) < 4.78 is 0. The average molecular weight is 161 g/mol. The van der Waals surface area contributed by atoms with Gasteiger partial charge in [0, 0.05) is 17.2 Å². The molecule has 0 atom stereocenters. The zero-order valence-corrected chi connectivity index (χ0v) is 6.57. The quantitative estimate of drug-likeness (QED) is 0.358. The molecule has 0 spiro atoms. The molecule has 1 aromatic rings. The molecule has 0 aliphatic carbocycles. The Kier molecular flexibility index (Phi) is 2.11. The molecule has 0 saturated heterocycles. The monoisotopic (exact) mass is 161 g/mol. The highest BCUT2D eigenvalue weighted by Crippen LogP contribution is 2.18. The summed E-state index contributed by atoms with van der Waals surface area (Å²) in [6.45, 7) is 1.68. The first-order chi connectivity index (χ1) is 5.65. The third-order valence-corrected chi connectivity index (χ3v) is 1.57. The molecule has 1 aromatic carbocycles. The Morgan fingerprint density at radius 3 is 2.75 bits per heavy atom. The molecule has 0 aliphatic heterocycles. The Bertz CT molecular complexity index is 363. The van der Waals surface area contributed by atoms with Crippen LogP contribution in [0.4, 0.5) is 5.69 Å². The third-order valence-electron chi connectivity index (χ3n) is 1.57. The van der Waals surface area contributed by atoms with Crippen molar-refractivity contribution in [3.8, 4) is 12.3 Å². The van der Waals surface area contributed by atoms with E-state index in [1.807, 2.05) is 0 Å². The maximum absolute atomic E-state index is 10.4. The molecule has 0 N–H and O–H groups in total. The van der Waals surface area contributed by atoms with Gasteiger partial charge in [0.2, 0.25) is 0 Å². The first-order valence-corrected chi connectivity index (χ1v) is 3.37. The number of hydrogen-bond donors (Lipinski definition) is 0. The van der Waals surface area contributed by atoms with Gasteiger partial charge in [-0.3, -0.25) is 10.1 Å². The molecule has 0 saturated carbocycles. The lowest BCUT2D eigenvalue weighted by molar-refractivity contribution is -0.385. The Morgan fingerprint density at radius 1 is 1.58 bits per heavy atom. The molecule has 60 valence electrons. The molecular formula is C9H7NO2. The number of aryl methyl sites for hydroxylation is 1. The van der Waals surface area contributed by atoms with Crippen molar-refractivity contribution in [1.29, 1.82) is 0 Å². The van der Waals surface area contributed by atoms with Gasteiger partial charge in [-0.15, -0.1) is 6.42 Å². The van der Waals surface area contributed by atoms with Gasteiger partial charge in [-0.05, 0) is 13.0 Å². The third kappa shape index (κ3) is 1.43. The highest BCUT2D eigenvalue weighted by molar-refractivity contribution is 5.47. The fourth-order valence-corrected chi connectivity index (χ4v) is 0.896. The molecule has 12 heavy (non-hydrogen) atoms. The van der Waals surface area contributed by atoms with Crippen molar-refractivity contribution in [1.82, 2.24) is 0 Å². The van der Waals surface area contributed by atoms with Crippen LogP contribution < -0.4 is 0 Å². The van der Waals surface area contributed by atoms with Crippen LogP contribution in [0.15, 0.2) is 18.2 Å². The van der Waals surface area contributed by atoms with E-state index in [1.54, 1.807) is 19.1 Å². The highest BCUT2D eigenvalue weighted by Gasteiger charge is 2.09. The van der Waals surface area contributed by atoms with Crippen LogP contribution in [0.5, 0.6) is 0 Å². The second-order valence-corrected chi connectivity index (χ2v) is 2.40. The normalized spacial score (nSPS) is 9.00. The van der Waals surface area contributed by atoms with Crippen molar-refractivity contribution in [2.24, 2.45) is 0 Å². The largest absolute Gasteiger partial charge is 0.273 e. The van der Waals surface area contributed by atoms with Gasteiger partial charge in [0.15, 0.2) is 0 Å². The molecular weight excluding hydrogens is 154 g/mol. The van der Waals surface area contributed by atoms with Gasteiger partial charge in [-0.2, -0.15) is 0 Å². The van der Waals surface area contributed by atoms with Crippen molar-refractivity contribution in [2.45, 2.75) is 6.92 Å². The van der Waals surface area contributed by atoms with E-state index in [-0.39, 0.29) is 5.69 Å². The van der Waals surface area contributed by atoms with Crippen molar-refractivity contribution >= 4 is 5.69 Å². The van der Waals surface area contributed by atoms with Gasteiger partial charge in [0.05, 0.1) is 4.92 Å². The molecule has 0 fully saturated rings. The van der Waals surface area contributed by atoms with E-state index in [0.717, 1.165) is 0 Å². The van der Waals surface area contributed by atoms with Gasteiger partial charge in [0.25, 0.3) is 5.69 Å². The van der Waals surface area contributed by atoms with Gasteiger partial charge in [-0.25, -0.2) is 0 Å². The molecule has 0 aromatic heterocycles. The van der Waals surface area contributed by atoms with Gasteiger partial charge in [-0.1, -0.05) is 12.0 Å². The smallest absolute Gasteiger partial charge is 0.258 e. The van der Waals surface area contributed by atoms with Crippen LogP contribution in [0, 0.1) is 29.4 Å². The maximum atomic E-state index is 10.4. The van der Waals surface area contributed by atoms with Crippen LogP contribution in [-0.4, -0.2) is 4.92 Å². The molecule has 0 bridgehead atoms. The van der Waals surface area contributed by atoms with Crippen molar-refractivity contribution in [2.75, 3.05) is 0 Å². The molecule has 0 amide bonds. The second kappa shape index (κ2) is 3.05. The number of benzene rings is 1.